The number of fused-ring (bicyclic) bond motifs is 1. The molecule has 0 spiro atoms. The number of hydrogen-bond donors (Lipinski definition) is 0. The monoisotopic (exact) mass is 227 g/mol. The molecular weight excluding hydrogens is 206 g/mol. The first kappa shape index (κ1) is 12.0. The molecule has 1 aliphatic carbocycles. The number of allylic oxidation sites excluding steroid dienone is 3. The van der Waals surface area contributed by atoms with Crippen LogP contribution in [-0.4, -0.2) is 4.57 Å². The Morgan fingerprint density at radius 1 is 1.41 bits per heavy atom. The van der Waals surface area contributed by atoms with Gasteiger partial charge in [-0.3, -0.25) is 0 Å². The summed E-state index contributed by atoms with van der Waals surface area (Å²) >= 11 is 0. The minimum absolute atomic E-state index is 1.07. The summed E-state index contributed by atoms with van der Waals surface area (Å²) in [6.07, 6.45) is 13.3. The molecule has 0 N–H and O–H groups in total. The van der Waals surface area contributed by atoms with Gasteiger partial charge in [0, 0.05) is 24.0 Å². The van der Waals surface area contributed by atoms with Crippen LogP contribution in [-0.2, 0) is 13.5 Å². The van der Waals surface area contributed by atoms with Crippen molar-refractivity contribution in [2.45, 2.75) is 33.6 Å². The van der Waals surface area contributed by atoms with E-state index in [1.807, 2.05) is 0 Å². The fraction of sp³-hybridized carbons (Fsp3) is 0.375. The Kier molecular flexibility index (Phi) is 3.37. The average Bonchev–Trinajstić information content (AvgIpc) is 2.47. The highest BCUT2D eigenvalue weighted by Crippen LogP contribution is 2.30. The van der Waals surface area contributed by atoms with Crippen LogP contribution in [0.15, 0.2) is 17.7 Å². The summed E-state index contributed by atoms with van der Waals surface area (Å²) in [5, 5.41) is 0. The SMILES string of the molecule is C/C=C\c1c(CC)c2c(n1C)C=CCC(C)=C2. The molecule has 0 aromatic carbocycles. The van der Waals surface area contributed by atoms with Crippen molar-refractivity contribution in [2.75, 3.05) is 0 Å². The first-order valence-electron chi connectivity index (χ1n) is 6.37. The average molecular weight is 227 g/mol. The summed E-state index contributed by atoms with van der Waals surface area (Å²) in [7, 11) is 2.16. The number of rotatable bonds is 2. The molecular formula is C16H21N. The van der Waals surface area contributed by atoms with Crippen LogP contribution in [0.4, 0.5) is 0 Å². The molecule has 1 heteroatoms. The van der Waals surface area contributed by atoms with Crippen LogP contribution in [0, 0.1) is 0 Å². The Balaban J connectivity index is 2.73. The molecule has 2 rings (SSSR count). The normalized spacial score (nSPS) is 14.9. The van der Waals surface area contributed by atoms with E-state index in [1.165, 1.54) is 28.1 Å². The summed E-state index contributed by atoms with van der Waals surface area (Å²) in [6.45, 7) is 6.52. The molecule has 17 heavy (non-hydrogen) atoms. The second kappa shape index (κ2) is 4.79. The van der Waals surface area contributed by atoms with E-state index in [0.717, 1.165) is 12.8 Å². The van der Waals surface area contributed by atoms with E-state index in [0.29, 0.717) is 0 Å². The summed E-state index contributed by atoms with van der Waals surface area (Å²) < 4.78 is 2.31. The van der Waals surface area contributed by atoms with Gasteiger partial charge >= 0.3 is 0 Å². The Labute approximate surface area is 104 Å². The Morgan fingerprint density at radius 2 is 2.18 bits per heavy atom. The van der Waals surface area contributed by atoms with E-state index < -0.39 is 0 Å². The molecule has 0 unspecified atom stereocenters. The van der Waals surface area contributed by atoms with Crippen LogP contribution in [0.25, 0.3) is 18.2 Å². The quantitative estimate of drug-likeness (QED) is 0.704. The molecule has 0 fully saturated rings. The summed E-state index contributed by atoms with van der Waals surface area (Å²) in [6, 6.07) is 0. The van der Waals surface area contributed by atoms with E-state index in [2.05, 4.69) is 62.8 Å². The molecule has 1 aromatic rings. The van der Waals surface area contributed by atoms with Crippen LogP contribution < -0.4 is 0 Å². The van der Waals surface area contributed by atoms with Crippen LogP contribution in [0.2, 0.25) is 0 Å². The predicted molar refractivity (Wildman–Crippen MR) is 76.8 cm³/mol. The van der Waals surface area contributed by atoms with E-state index in [-0.39, 0.29) is 0 Å². The van der Waals surface area contributed by atoms with Crippen molar-refractivity contribution in [3.63, 3.8) is 0 Å². The van der Waals surface area contributed by atoms with Crippen molar-refractivity contribution in [3.8, 4) is 0 Å². The first-order chi connectivity index (χ1) is 8.19. The summed E-state index contributed by atoms with van der Waals surface area (Å²) in [5.41, 5.74) is 7.00. The highest BCUT2D eigenvalue weighted by molar-refractivity contribution is 5.74. The topological polar surface area (TPSA) is 4.93 Å². The summed E-state index contributed by atoms with van der Waals surface area (Å²) in [5.74, 6) is 0. The van der Waals surface area contributed by atoms with Gasteiger partial charge in [-0.15, -0.1) is 0 Å². The zero-order chi connectivity index (χ0) is 12.4. The van der Waals surface area contributed by atoms with Gasteiger partial charge in [-0.2, -0.15) is 0 Å². The maximum Gasteiger partial charge on any atom is 0.0482 e. The third kappa shape index (κ3) is 2.02. The fourth-order valence-electron chi connectivity index (χ4n) is 2.57. The van der Waals surface area contributed by atoms with Gasteiger partial charge in [0.15, 0.2) is 0 Å². The molecule has 1 nitrogen and oxygen atoms in total. The summed E-state index contributed by atoms with van der Waals surface area (Å²) in [4.78, 5) is 0. The van der Waals surface area contributed by atoms with Crippen molar-refractivity contribution in [1.82, 2.24) is 4.57 Å². The standard InChI is InChI=1S/C16H21N/c1-5-8-15-13(6-2)14-11-12(3)9-7-10-16(14)17(15)4/h5,7-8,10-11H,6,9H2,1-4H3/b8-5-. The largest absolute Gasteiger partial charge is 0.344 e. The molecule has 0 radical (unpaired) electrons. The highest BCUT2D eigenvalue weighted by Gasteiger charge is 2.16. The third-order valence-electron chi connectivity index (χ3n) is 3.42. The molecule has 0 atom stereocenters. The third-order valence-corrected chi connectivity index (χ3v) is 3.42. The molecule has 1 aromatic heterocycles. The smallest absolute Gasteiger partial charge is 0.0482 e. The number of aromatic nitrogens is 1. The van der Waals surface area contributed by atoms with Crippen LogP contribution >= 0.6 is 0 Å². The van der Waals surface area contributed by atoms with Gasteiger partial charge in [0.1, 0.15) is 0 Å². The van der Waals surface area contributed by atoms with Gasteiger partial charge in [0.05, 0.1) is 0 Å². The van der Waals surface area contributed by atoms with E-state index >= 15 is 0 Å². The molecule has 90 valence electrons. The van der Waals surface area contributed by atoms with Crippen molar-refractivity contribution < 1.29 is 0 Å². The molecule has 1 aliphatic rings. The van der Waals surface area contributed by atoms with Gasteiger partial charge in [-0.1, -0.05) is 30.7 Å². The molecule has 0 saturated carbocycles. The molecule has 0 aliphatic heterocycles. The number of nitrogens with zero attached hydrogens (tertiary/aromatic N) is 1. The van der Waals surface area contributed by atoms with Crippen LogP contribution in [0.1, 0.15) is 49.7 Å². The van der Waals surface area contributed by atoms with Gasteiger partial charge in [-0.05, 0) is 44.4 Å². The minimum atomic E-state index is 1.07. The lowest BCUT2D eigenvalue weighted by atomic mass is 10.0. The Morgan fingerprint density at radius 3 is 2.82 bits per heavy atom. The second-order valence-corrected chi connectivity index (χ2v) is 4.67. The van der Waals surface area contributed by atoms with Crippen molar-refractivity contribution in [3.05, 3.63) is 40.2 Å². The Bertz CT molecular complexity index is 510. The zero-order valence-electron chi connectivity index (χ0n) is 11.2. The van der Waals surface area contributed by atoms with E-state index in [9.17, 15) is 0 Å². The maximum atomic E-state index is 2.35. The van der Waals surface area contributed by atoms with Crippen LogP contribution in [0.5, 0.6) is 0 Å². The van der Waals surface area contributed by atoms with E-state index in [4.69, 9.17) is 0 Å². The zero-order valence-corrected chi connectivity index (χ0v) is 11.2. The van der Waals surface area contributed by atoms with Gasteiger partial charge < -0.3 is 4.57 Å². The second-order valence-electron chi connectivity index (χ2n) is 4.67. The minimum Gasteiger partial charge on any atom is -0.344 e. The predicted octanol–water partition coefficient (Wildman–Crippen LogP) is 4.44. The molecule has 0 bridgehead atoms. The lowest BCUT2D eigenvalue weighted by Gasteiger charge is -2.02. The lowest BCUT2D eigenvalue weighted by Crippen LogP contribution is -1.94. The van der Waals surface area contributed by atoms with Crippen molar-refractivity contribution in [1.29, 1.82) is 0 Å². The van der Waals surface area contributed by atoms with Gasteiger partial charge in [-0.25, -0.2) is 0 Å². The first-order valence-corrected chi connectivity index (χ1v) is 6.37. The van der Waals surface area contributed by atoms with Crippen molar-refractivity contribution >= 4 is 18.2 Å². The van der Waals surface area contributed by atoms with Crippen molar-refractivity contribution in [2.24, 2.45) is 7.05 Å². The molecule has 0 saturated heterocycles. The lowest BCUT2D eigenvalue weighted by molar-refractivity contribution is 0.893. The Hall–Kier alpha value is -1.50. The number of hydrogen-bond acceptors (Lipinski definition) is 0. The fourth-order valence-corrected chi connectivity index (χ4v) is 2.57. The molecule has 1 heterocycles. The van der Waals surface area contributed by atoms with Gasteiger partial charge in [0.25, 0.3) is 0 Å². The maximum absolute atomic E-state index is 2.35. The van der Waals surface area contributed by atoms with Gasteiger partial charge in [0.2, 0.25) is 0 Å². The van der Waals surface area contributed by atoms with E-state index in [1.54, 1.807) is 0 Å². The highest BCUT2D eigenvalue weighted by atomic mass is 15.0. The van der Waals surface area contributed by atoms with Crippen LogP contribution in [0.3, 0.4) is 0 Å². The molecule has 0 amide bonds.